The molecule has 1 unspecified atom stereocenters. The fourth-order valence-electron chi connectivity index (χ4n) is 1.59. The van der Waals surface area contributed by atoms with Crippen molar-refractivity contribution in [1.82, 2.24) is 9.55 Å². The highest BCUT2D eigenvalue weighted by Crippen LogP contribution is 2.31. The van der Waals surface area contributed by atoms with Gasteiger partial charge in [-0.2, -0.15) is 0 Å². The molecule has 0 N–H and O–H groups in total. The maximum Gasteiger partial charge on any atom is 0.256 e. The minimum Gasteiger partial charge on any atom is -0.269 e. The van der Waals surface area contributed by atoms with Crippen molar-refractivity contribution in [2.24, 2.45) is 10.9 Å². The molecule has 15 heavy (non-hydrogen) atoms. The van der Waals surface area contributed by atoms with Gasteiger partial charge in [0.2, 0.25) is 5.95 Å². The highest BCUT2D eigenvalue weighted by atomic mass is 79.9. The van der Waals surface area contributed by atoms with Crippen LogP contribution in [0.5, 0.6) is 0 Å². The predicted molar refractivity (Wildman–Crippen MR) is 63.1 cm³/mol. The van der Waals surface area contributed by atoms with Gasteiger partial charge >= 0.3 is 0 Å². The van der Waals surface area contributed by atoms with E-state index >= 15 is 0 Å². The molecule has 1 aliphatic heterocycles. The average Bonchev–Trinajstić information content (AvgIpc) is 2.42. The molecule has 0 saturated heterocycles. The molecule has 5 heteroatoms. The van der Waals surface area contributed by atoms with Crippen molar-refractivity contribution in [3.63, 3.8) is 0 Å². The first-order valence-corrected chi connectivity index (χ1v) is 5.75. The third kappa shape index (κ3) is 1.65. The lowest BCUT2D eigenvalue weighted by Gasteiger charge is -2.11. The first-order valence-electron chi connectivity index (χ1n) is 4.83. The zero-order chi connectivity index (χ0) is 11.2. The van der Waals surface area contributed by atoms with Crippen molar-refractivity contribution < 1.29 is 0 Å². The molecule has 0 radical (unpaired) electrons. The molecule has 0 aromatic carbocycles. The van der Waals surface area contributed by atoms with E-state index < -0.39 is 0 Å². The van der Waals surface area contributed by atoms with Crippen LogP contribution in [-0.4, -0.2) is 15.3 Å². The van der Waals surface area contributed by atoms with Crippen LogP contribution in [0, 0.1) is 12.8 Å². The van der Waals surface area contributed by atoms with E-state index in [0.29, 0.717) is 17.6 Å². The van der Waals surface area contributed by atoms with Crippen LogP contribution >= 0.6 is 15.9 Å². The van der Waals surface area contributed by atoms with Crippen LogP contribution in [-0.2, 0) is 0 Å². The average molecular weight is 270 g/mol. The third-order valence-electron chi connectivity index (χ3n) is 2.35. The SMILES string of the molecule is Cc1cc(=O)n2c(n1)N=C(C(C)C)C2Br. The molecule has 0 fully saturated rings. The maximum absolute atomic E-state index is 11.7. The second kappa shape index (κ2) is 3.56. The quantitative estimate of drug-likeness (QED) is 0.734. The number of rotatable bonds is 1. The lowest BCUT2D eigenvalue weighted by atomic mass is 10.1. The summed E-state index contributed by atoms with van der Waals surface area (Å²) in [6.07, 6.45) is 0. The van der Waals surface area contributed by atoms with Crippen LogP contribution in [0.2, 0.25) is 0 Å². The van der Waals surface area contributed by atoms with Gasteiger partial charge in [-0.3, -0.25) is 9.36 Å². The Morgan fingerprint density at radius 1 is 1.53 bits per heavy atom. The first kappa shape index (κ1) is 10.5. The monoisotopic (exact) mass is 269 g/mol. The van der Waals surface area contributed by atoms with Crippen molar-refractivity contribution in [1.29, 1.82) is 0 Å². The van der Waals surface area contributed by atoms with Crippen LogP contribution in [0.25, 0.3) is 0 Å². The van der Waals surface area contributed by atoms with Crippen molar-refractivity contribution >= 4 is 27.6 Å². The third-order valence-corrected chi connectivity index (χ3v) is 3.23. The van der Waals surface area contributed by atoms with Gasteiger partial charge in [-0.05, 0) is 12.8 Å². The Balaban J connectivity index is 2.60. The number of hydrogen-bond acceptors (Lipinski definition) is 3. The van der Waals surface area contributed by atoms with Gasteiger partial charge in [0, 0.05) is 11.8 Å². The van der Waals surface area contributed by atoms with E-state index in [1.807, 2.05) is 0 Å². The van der Waals surface area contributed by atoms with E-state index in [9.17, 15) is 4.79 Å². The minimum absolute atomic E-state index is 0.0567. The summed E-state index contributed by atoms with van der Waals surface area (Å²) in [5, 5.41) is 0. The predicted octanol–water partition coefficient (Wildman–Crippen LogP) is 2.19. The molecule has 1 aliphatic rings. The number of aryl methyl sites for hydroxylation is 1. The van der Waals surface area contributed by atoms with Crippen molar-refractivity contribution in [3.05, 3.63) is 22.1 Å². The number of hydrogen-bond donors (Lipinski definition) is 0. The standard InChI is InChI=1S/C10H12BrN3O/c1-5(2)8-9(11)14-7(15)4-6(3)12-10(14)13-8/h4-5,9H,1-3H3. The zero-order valence-corrected chi connectivity index (χ0v) is 10.4. The molecule has 1 atom stereocenters. The van der Waals surface area contributed by atoms with Crippen LogP contribution in [0.4, 0.5) is 5.95 Å². The Hall–Kier alpha value is -0.970. The van der Waals surface area contributed by atoms with Crippen LogP contribution < -0.4 is 5.56 Å². The summed E-state index contributed by atoms with van der Waals surface area (Å²) in [6, 6.07) is 1.52. The zero-order valence-electron chi connectivity index (χ0n) is 8.86. The summed E-state index contributed by atoms with van der Waals surface area (Å²) in [7, 11) is 0. The van der Waals surface area contributed by atoms with Crippen LogP contribution in [0.3, 0.4) is 0 Å². The van der Waals surface area contributed by atoms with Crippen molar-refractivity contribution in [2.75, 3.05) is 0 Å². The Morgan fingerprint density at radius 2 is 2.20 bits per heavy atom. The summed E-state index contributed by atoms with van der Waals surface area (Å²) in [5.41, 5.74) is 1.60. The highest BCUT2D eigenvalue weighted by molar-refractivity contribution is 9.09. The summed E-state index contributed by atoms with van der Waals surface area (Å²) in [4.78, 5) is 20.2. The van der Waals surface area contributed by atoms with Gasteiger partial charge in [-0.15, -0.1) is 0 Å². The van der Waals surface area contributed by atoms with Crippen LogP contribution in [0.15, 0.2) is 15.9 Å². The Bertz CT molecular complexity index is 490. The fraction of sp³-hybridized carbons (Fsp3) is 0.500. The minimum atomic E-state index is -0.145. The maximum atomic E-state index is 11.7. The summed E-state index contributed by atoms with van der Waals surface area (Å²) in [6.45, 7) is 5.90. The van der Waals surface area contributed by atoms with Crippen LogP contribution in [0.1, 0.15) is 24.5 Å². The molecule has 0 bridgehead atoms. The molecule has 2 heterocycles. The molecular weight excluding hydrogens is 258 g/mol. The summed E-state index contributed by atoms with van der Waals surface area (Å²) in [5.74, 6) is 0.807. The molecule has 0 amide bonds. The topological polar surface area (TPSA) is 47.2 Å². The smallest absolute Gasteiger partial charge is 0.256 e. The van der Waals surface area contributed by atoms with E-state index in [4.69, 9.17) is 0 Å². The second-order valence-electron chi connectivity index (χ2n) is 3.93. The lowest BCUT2D eigenvalue weighted by Crippen LogP contribution is -2.24. The normalized spacial score (nSPS) is 19.3. The van der Waals surface area contributed by atoms with E-state index in [2.05, 4.69) is 39.8 Å². The number of nitrogens with zero attached hydrogens (tertiary/aromatic N) is 3. The molecule has 2 rings (SSSR count). The van der Waals surface area contributed by atoms with E-state index in [-0.39, 0.29) is 10.5 Å². The number of alkyl halides is 1. The number of halogens is 1. The molecule has 1 aromatic heterocycles. The highest BCUT2D eigenvalue weighted by Gasteiger charge is 2.28. The Kier molecular flexibility index (Phi) is 2.50. The van der Waals surface area contributed by atoms with Gasteiger partial charge in [0.1, 0.15) is 4.95 Å². The van der Waals surface area contributed by atoms with Crippen molar-refractivity contribution in [2.45, 2.75) is 25.7 Å². The van der Waals surface area contributed by atoms with E-state index in [1.54, 1.807) is 11.5 Å². The summed E-state index contributed by atoms with van der Waals surface area (Å²) >= 11 is 3.47. The van der Waals surface area contributed by atoms with Gasteiger partial charge in [0.15, 0.2) is 0 Å². The Morgan fingerprint density at radius 3 is 2.80 bits per heavy atom. The first-order chi connectivity index (χ1) is 7.00. The molecular formula is C10H12BrN3O. The number of aliphatic imine (C=N–C) groups is 1. The molecule has 0 saturated carbocycles. The molecule has 0 spiro atoms. The molecule has 4 nitrogen and oxygen atoms in total. The van der Waals surface area contributed by atoms with Gasteiger partial charge in [-0.1, -0.05) is 29.8 Å². The number of fused-ring (bicyclic) bond motifs is 1. The molecule has 80 valence electrons. The largest absolute Gasteiger partial charge is 0.269 e. The summed E-state index contributed by atoms with van der Waals surface area (Å²) < 4.78 is 1.57. The Labute approximate surface area is 96.2 Å². The van der Waals surface area contributed by atoms with Gasteiger partial charge in [0.25, 0.3) is 5.56 Å². The van der Waals surface area contributed by atoms with Gasteiger partial charge in [-0.25, -0.2) is 9.98 Å². The number of aromatic nitrogens is 2. The van der Waals surface area contributed by atoms with E-state index in [1.165, 1.54) is 6.07 Å². The molecule has 0 aliphatic carbocycles. The van der Waals surface area contributed by atoms with Gasteiger partial charge < -0.3 is 0 Å². The second-order valence-corrected chi connectivity index (χ2v) is 4.80. The van der Waals surface area contributed by atoms with E-state index in [0.717, 1.165) is 5.71 Å². The fourth-order valence-corrected chi connectivity index (χ4v) is 2.60. The van der Waals surface area contributed by atoms with Crippen molar-refractivity contribution in [3.8, 4) is 0 Å². The molecule has 1 aromatic rings. The lowest BCUT2D eigenvalue weighted by molar-refractivity contribution is 0.769. The van der Waals surface area contributed by atoms with Gasteiger partial charge in [0.05, 0.1) is 5.71 Å².